The Hall–Kier alpha value is -2.93. The molecule has 8 nitrogen and oxygen atoms in total. The maximum Gasteiger partial charge on any atom is 0.417 e. The molecule has 0 saturated carbocycles. The SMILES string of the molecule is CCc1cc(S(=O)(=O)c2ccccc2C(F)(F)F)c(S(C)(=O)=O)cc1C(=O)N=C(N)N. The van der Waals surface area contributed by atoms with Gasteiger partial charge in [-0.15, -0.1) is 0 Å². The molecule has 0 spiro atoms. The number of aryl methyl sites for hydroxylation is 1. The van der Waals surface area contributed by atoms with Crippen LogP contribution in [0.3, 0.4) is 0 Å². The maximum atomic E-state index is 13.4. The molecule has 2 aromatic rings. The lowest BCUT2D eigenvalue weighted by molar-refractivity contribution is -0.139. The number of amides is 1. The maximum absolute atomic E-state index is 13.4. The summed E-state index contributed by atoms with van der Waals surface area (Å²) in [7, 11) is -9.27. The first-order chi connectivity index (χ1) is 14.1. The molecule has 168 valence electrons. The van der Waals surface area contributed by atoms with Crippen molar-refractivity contribution in [3.63, 3.8) is 0 Å². The van der Waals surface area contributed by atoms with E-state index in [1.54, 1.807) is 0 Å². The molecule has 0 heterocycles. The third-order valence-electron chi connectivity index (χ3n) is 4.18. The van der Waals surface area contributed by atoms with E-state index in [1.807, 2.05) is 0 Å². The number of rotatable bonds is 5. The van der Waals surface area contributed by atoms with Crippen molar-refractivity contribution in [2.45, 2.75) is 34.2 Å². The number of halogens is 3. The molecule has 0 radical (unpaired) electrons. The fourth-order valence-electron chi connectivity index (χ4n) is 2.82. The van der Waals surface area contributed by atoms with Crippen molar-refractivity contribution in [2.24, 2.45) is 16.5 Å². The average molecular weight is 477 g/mol. The molecule has 0 bridgehead atoms. The Morgan fingerprint density at radius 2 is 1.58 bits per heavy atom. The minimum absolute atomic E-state index is 0.0328. The molecule has 0 aromatic heterocycles. The lowest BCUT2D eigenvalue weighted by Gasteiger charge is -2.17. The molecule has 0 aliphatic heterocycles. The fourth-order valence-corrected chi connectivity index (χ4v) is 5.95. The van der Waals surface area contributed by atoms with Crippen LogP contribution in [0.15, 0.2) is 56.1 Å². The van der Waals surface area contributed by atoms with Gasteiger partial charge >= 0.3 is 6.18 Å². The van der Waals surface area contributed by atoms with Gasteiger partial charge in [0.1, 0.15) is 0 Å². The highest BCUT2D eigenvalue weighted by atomic mass is 32.2. The molecule has 13 heteroatoms. The van der Waals surface area contributed by atoms with Crippen molar-refractivity contribution < 1.29 is 34.8 Å². The quantitative estimate of drug-likeness (QED) is 0.493. The molecular weight excluding hydrogens is 459 g/mol. The third kappa shape index (κ3) is 5.05. The van der Waals surface area contributed by atoms with Gasteiger partial charge in [0.05, 0.1) is 20.2 Å². The van der Waals surface area contributed by atoms with E-state index in [0.717, 1.165) is 30.3 Å². The third-order valence-corrected chi connectivity index (χ3v) is 7.30. The molecule has 1 amide bonds. The summed E-state index contributed by atoms with van der Waals surface area (Å²) in [4.78, 5) is 12.8. The molecule has 2 rings (SSSR count). The lowest BCUT2D eigenvalue weighted by atomic mass is 10.0. The summed E-state index contributed by atoms with van der Waals surface area (Å²) < 4.78 is 91.2. The van der Waals surface area contributed by atoms with E-state index in [9.17, 15) is 34.8 Å². The van der Waals surface area contributed by atoms with Gasteiger partial charge in [0.2, 0.25) is 9.84 Å². The van der Waals surface area contributed by atoms with Gasteiger partial charge in [-0.3, -0.25) is 4.79 Å². The Morgan fingerprint density at radius 1 is 1.00 bits per heavy atom. The second kappa shape index (κ2) is 8.30. The zero-order valence-corrected chi connectivity index (χ0v) is 17.9. The molecule has 2 aromatic carbocycles. The molecule has 0 unspecified atom stereocenters. The van der Waals surface area contributed by atoms with Crippen molar-refractivity contribution in [2.75, 3.05) is 6.26 Å². The van der Waals surface area contributed by atoms with Gasteiger partial charge in [0.25, 0.3) is 5.91 Å². The molecule has 0 aliphatic carbocycles. The normalized spacial score (nSPS) is 12.4. The van der Waals surface area contributed by atoms with Gasteiger partial charge in [0, 0.05) is 11.8 Å². The van der Waals surface area contributed by atoms with Gasteiger partial charge in [-0.2, -0.15) is 18.2 Å². The summed E-state index contributed by atoms with van der Waals surface area (Å²) >= 11 is 0. The predicted octanol–water partition coefficient (Wildman–Crippen LogP) is 1.92. The van der Waals surface area contributed by atoms with Gasteiger partial charge in [-0.05, 0) is 36.2 Å². The van der Waals surface area contributed by atoms with Gasteiger partial charge in [0.15, 0.2) is 15.8 Å². The number of guanidine groups is 1. The van der Waals surface area contributed by atoms with E-state index in [-0.39, 0.29) is 17.5 Å². The van der Waals surface area contributed by atoms with Crippen LogP contribution in [0.2, 0.25) is 0 Å². The first kappa shape index (κ1) is 24.3. The number of nitrogens with two attached hydrogens (primary N) is 2. The topological polar surface area (TPSA) is 150 Å². The molecule has 4 N–H and O–H groups in total. The monoisotopic (exact) mass is 477 g/mol. The van der Waals surface area contributed by atoms with Crippen molar-refractivity contribution in [1.82, 2.24) is 0 Å². The van der Waals surface area contributed by atoms with E-state index < -0.39 is 58.0 Å². The zero-order chi connectivity index (χ0) is 23.8. The van der Waals surface area contributed by atoms with Crippen LogP contribution in [0.25, 0.3) is 0 Å². The van der Waals surface area contributed by atoms with Crippen molar-refractivity contribution in [3.05, 3.63) is 53.1 Å². The number of hydrogen-bond donors (Lipinski definition) is 2. The minimum atomic E-state index is -5.01. The molecule has 31 heavy (non-hydrogen) atoms. The number of aliphatic imine (C=N–C) groups is 1. The van der Waals surface area contributed by atoms with Crippen LogP contribution >= 0.6 is 0 Å². The molecule has 0 atom stereocenters. The Morgan fingerprint density at radius 3 is 2.06 bits per heavy atom. The van der Waals surface area contributed by atoms with E-state index >= 15 is 0 Å². The second-order valence-corrected chi connectivity index (χ2v) is 10.3. The number of carbonyl (C=O) groups excluding carboxylic acids is 1. The summed E-state index contributed by atoms with van der Waals surface area (Å²) in [5.41, 5.74) is 8.62. The Balaban J connectivity index is 2.96. The van der Waals surface area contributed by atoms with Crippen LogP contribution in [0, 0.1) is 0 Å². The van der Waals surface area contributed by atoms with Crippen molar-refractivity contribution in [1.29, 1.82) is 0 Å². The van der Waals surface area contributed by atoms with Gasteiger partial charge in [-0.1, -0.05) is 19.1 Å². The Labute approximate surface area is 176 Å². The molecule has 0 fully saturated rings. The minimum Gasteiger partial charge on any atom is -0.370 e. The number of benzene rings is 2. The number of sulfone groups is 2. The van der Waals surface area contributed by atoms with Crippen molar-refractivity contribution in [3.8, 4) is 0 Å². The summed E-state index contributed by atoms with van der Waals surface area (Å²) in [6.07, 6.45) is -4.31. The fraction of sp³-hybridized carbons (Fsp3) is 0.222. The number of carbonyl (C=O) groups is 1. The highest BCUT2D eigenvalue weighted by molar-refractivity contribution is 7.94. The van der Waals surface area contributed by atoms with Crippen LogP contribution in [0.5, 0.6) is 0 Å². The van der Waals surface area contributed by atoms with Crippen LogP contribution < -0.4 is 11.5 Å². The van der Waals surface area contributed by atoms with E-state index in [4.69, 9.17) is 11.5 Å². The molecule has 0 saturated heterocycles. The van der Waals surface area contributed by atoms with E-state index in [2.05, 4.69) is 4.99 Å². The molecule has 0 aliphatic rings. The summed E-state index contributed by atoms with van der Waals surface area (Å²) in [5.74, 6) is -1.63. The van der Waals surface area contributed by atoms with Gasteiger partial charge in [-0.25, -0.2) is 16.8 Å². The number of nitrogens with zero attached hydrogens (tertiary/aromatic N) is 1. The van der Waals surface area contributed by atoms with E-state index in [1.165, 1.54) is 6.92 Å². The zero-order valence-electron chi connectivity index (χ0n) is 16.3. The largest absolute Gasteiger partial charge is 0.417 e. The number of alkyl halides is 3. The van der Waals surface area contributed by atoms with Gasteiger partial charge < -0.3 is 11.5 Å². The lowest BCUT2D eigenvalue weighted by Crippen LogP contribution is -2.24. The summed E-state index contributed by atoms with van der Waals surface area (Å²) in [6, 6.07) is 5.01. The Bertz CT molecular complexity index is 1280. The van der Waals surface area contributed by atoms with Crippen LogP contribution in [0.4, 0.5) is 13.2 Å². The predicted molar refractivity (Wildman–Crippen MR) is 106 cm³/mol. The van der Waals surface area contributed by atoms with E-state index in [0.29, 0.717) is 12.3 Å². The number of hydrogen-bond acceptors (Lipinski definition) is 5. The average Bonchev–Trinajstić information content (AvgIpc) is 2.64. The summed E-state index contributed by atoms with van der Waals surface area (Å²) in [5, 5.41) is 0. The molecular formula is C18H18F3N3O5S2. The second-order valence-electron chi connectivity index (χ2n) is 6.42. The highest BCUT2D eigenvalue weighted by Crippen LogP contribution is 2.38. The highest BCUT2D eigenvalue weighted by Gasteiger charge is 2.39. The van der Waals surface area contributed by atoms with Crippen molar-refractivity contribution >= 4 is 31.5 Å². The summed E-state index contributed by atoms with van der Waals surface area (Å²) in [6.45, 7) is 1.53. The van der Waals surface area contributed by atoms with Crippen LogP contribution in [0.1, 0.15) is 28.4 Å². The first-order valence-corrected chi connectivity index (χ1v) is 11.9. The van der Waals surface area contributed by atoms with Crippen LogP contribution in [-0.4, -0.2) is 35.0 Å². The standard InChI is InChI=1S/C18H18F3N3O5S2/c1-3-10-8-15(14(30(2,26)27)9-11(10)16(25)24-17(22)23)31(28,29)13-7-5-4-6-12(13)18(19,20)21/h4-9H,3H2,1-2H3,(H4,22,23,24,25). The van der Waals surface area contributed by atoms with Crippen LogP contribution in [-0.2, 0) is 32.3 Å². The Kier molecular flexibility index (Phi) is 6.52. The smallest absolute Gasteiger partial charge is 0.370 e. The first-order valence-electron chi connectivity index (χ1n) is 8.53.